The maximum absolute atomic E-state index is 12.6. The summed E-state index contributed by atoms with van der Waals surface area (Å²) >= 11 is 0. The van der Waals surface area contributed by atoms with Gasteiger partial charge >= 0.3 is 0 Å². The van der Waals surface area contributed by atoms with Crippen molar-refractivity contribution in [1.82, 2.24) is 0 Å². The minimum absolute atomic E-state index is 0. The third-order valence-electron chi connectivity index (χ3n) is 1.79. The summed E-state index contributed by atoms with van der Waals surface area (Å²) in [5, 5.41) is 0. The number of ether oxygens (including phenoxy) is 2. The Morgan fingerprint density at radius 3 is 2.75 bits per heavy atom. The van der Waals surface area contributed by atoms with E-state index in [4.69, 9.17) is 15.2 Å². The van der Waals surface area contributed by atoms with E-state index in [1.165, 1.54) is 6.08 Å². The Labute approximate surface area is 100 Å². The molecule has 0 spiro atoms. The fourth-order valence-electron chi connectivity index (χ4n) is 1.00. The van der Waals surface area contributed by atoms with Crippen LogP contribution in [-0.2, 0) is 0 Å². The molecule has 1 aromatic carbocycles. The molecule has 0 fully saturated rings. The number of rotatable bonds is 5. The Morgan fingerprint density at radius 1 is 1.44 bits per heavy atom. The first-order valence-corrected chi connectivity index (χ1v) is 4.57. The van der Waals surface area contributed by atoms with Crippen molar-refractivity contribution < 1.29 is 13.9 Å². The van der Waals surface area contributed by atoms with Gasteiger partial charge < -0.3 is 15.2 Å². The number of benzene rings is 1. The molecule has 0 aliphatic rings. The molecule has 0 aliphatic heterocycles. The Bertz CT molecular complexity index is 345. The van der Waals surface area contributed by atoms with Crippen LogP contribution in [0, 0.1) is 0 Å². The van der Waals surface area contributed by atoms with Crippen LogP contribution < -0.4 is 15.2 Å². The monoisotopic (exact) mass is 247 g/mol. The second kappa shape index (κ2) is 7.96. The van der Waals surface area contributed by atoms with Gasteiger partial charge in [0.05, 0.1) is 7.11 Å². The quantitative estimate of drug-likeness (QED) is 0.869. The molecule has 16 heavy (non-hydrogen) atoms. The predicted molar refractivity (Wildman–Crippen MR) is 64.0 cm³/mol. The first-order valence-electron chi connectivity index (χ1n) is 4.57. The molecule has 5 heteroatoms. The number of hydrogen-bond donors (Lipinski definition) is 1. The van der Waals surface area contributed by atoms with E-state index < -0.39 is 0 Å². The fraction of sp³-hybridized carbons (Fsp3) is 0.273. The molecule has 0 saturated carbocycles. The highest BCUT2D eigenvalue weighted by Crippen LogP contribution is 2.18. The summed E-state index contributed by atoms with van der Waals surface area (Å²) < 4.78 is 22.9. The highest BCUT2D eigenvalue weighted by atomic mass is 35.5. The van der Waals surface area contributed by atoms with Gasteiger partial charge in [0.25, 0.3) is 0 Å². The van der Waals surface area contributed by atoms with Gasteiger partial charge in [-0.3, -0.25) is 0 Å². The molecule has 90 valence electrons. The van der Waals surface area contributed by atoms with Crippen LogP contribution in [0.5, 0.6) is 11.5 Å². The van der Waals surface area contributed by atoms with Gasteiger partial charge in [-0.05, 0) is 18.2 Å². The SMILES string of the molecule is COc1cccc(OC/C=C(/F)CN)c1.Cl. The first kappa shape index (κ1) is 14.7. The van der Waals surface area contributed by atoms with E-state index >= 15 is 0 Å². The lowest BCUT2D eigenvalue weighted by Gasteiger charge is -2.05. The summed E-state index contributed by atoms with van der Waals surface area (Å²) in [5.74, 6) is 0.962. The Morgan fingerprint density at radius 2 is 2.12 bits per heavy atom. The summed E-state index contributed by atoms with van der Waals surface area (Å²) in [7, 11) is 1.58. The molecular weight excluding hydrogens is 233 g/mol. The van der Waals surface area contributed by atoms with Crippen molar-refractivity contribution in [2.45, 2.75) is 0 Å². The van der Waals surface area contributed by atoms with E-state index in [2.05, 4.69) is 0 Å². The van der Waals surface area contributed by atoms with Crippen LogP contribution in [0.25, 0.3) is 0 Å². The second-order valence-corrected chi connectivity index (χ2v) is 2.85. The van der Waals surface area contributed by atoms with Crippen molar-refractivity contribution in [3.05, 3.63) is 36.2 Å². The highest BCUT2D eigenvalue weighted by molar-refractivity contribution is 5.85. The topological polar surface area (TPSA) is 44.5 Å². The predicted octanol–water partition coefficient (Wildman–Crippen LogP) is 2.31. The molecule has 0 aliphatic carbocycles. The molecule has 2 N–H and O–H groups in total. The number of methoxy groups -OCH3 is 1. The van der Waals surface area contributed by atoms with Crippen LogP contribution in [0.1, 0.15) is 0 Å². The van der Waals surface area contributed by atoms with Crippen LogP contribution in [0.2, 0.25) is 0 Å². The van der Waals surface area contributed by atoms with Gasteiger partial charge in [0.1, 0.15) is 23.9 Å². The molecule has 0 unspecified atom stereocenters. The molecule has 0 saturated heterocycles. The Kier molecular flexibility index (Phi) is 7.33. The van der Waals surface area contributed by atoms with E-state index in [0.29, 0.717) is 11.5 Å². The van der Waals surface area contributed by atoms with Crippen molar-refractivity contribution in [2.24, 2.45) is 5.73 Å². The second-order valence-electron chi connectivity index (χ2n) is 2.85. The van der Waals surface area contributed by atoms with Crippen molar-refractivity contribution in [2.75, 3.05) is 20.3 Å². The Hall–Kier alpha value is -1.26. The third kappa shape index (κ3) is 5.00. The minimum Gasteiger partial charge on any atom is -0.497 e. The van der Waals surface area contributed by atoms with E-state index in [1.807, 2.05) is 6.07 Å². The molecular formula is C11H15ClFNO2. The molecule has 3 nitrogen and oxygen atoms in total. The van der Waals surface area contributed by atoms with Gasteiger partial charge in [-0.25, -0.2) is 4.39 Å². The molecule has 1 aromatic rings. The van der Waals surface area contributed by atoms with Crippen LogP contribution in [0.3, 0.4) is 0 Å². The summed E-state index contributed by atoms with van der Waals surface area (Å²) in [5.41, 5.74) is 5.08. The lowest BCUT2D eigenvalue weighted by atomic mass is 10.3. The van der Waals surface area contributed by atoms with Crippen molar-refractivity contribution >= 4 is 12.4 Å². The lowest BCUT2D eigenvalue weighted by molar-refractivity contribution is 0.353. The summed E-state index contributed by atoms with van der Waals surface area (Å²) in [6, 6.07) is 7.12. The molecule has 0 aromatic heterocycles. The van der Waals surface area contributed by atoms with Crippen molar-refractivity contribution in [3.63, 3.8) is 0 Å². The highest BCUT2D eigenvalue weighted by Gasteiger charge is 1.95. The minimum atomic E-state index is -0.377. The van der Waals surface area contributed by atoms with Gasteiger partial charge in [0.2, 0.25) is 0 Å². The third-order valence-corrected chi connectivity index (χ3v) is 1.79. The molecule has 0 radical (unpaired) electrons. The fourth-order valence-corrected chi connectivity index (χ4v) is 1.00. The summed E-state index contributed by atoms with van der Waals surface area (Å²) in [6.07, 6.45) is 1.31. The zero-order chi connectivity index (χ0) is 11.1. The molecule has 0 heterocycles. The van der Waals surface area contributed by atoms with Gasteiger partial charge in [0.15, 0.2) is 0 Å². The van der Waals surface area contributed by atoms with Crippen LogP contribution in [0.4, 0.5) is 4.39 Å². The summed E-state index contributed by atoms with van der Waals surface area (Å²) in [6.45, 7) is 0.0671. The van der Waals surface area contributed by atoms with Crippen molar-refractivity contribution in [3.8, 4) is 11.5 Å². The average Bonchev–Trinajstić information content (AvgIpc) is 2.29. The summed E-state index contributed by atoms with van der Waals surface area (Å²) in [4.78, 5) is 0. The number of halogens is 2. The number of hydrogen-bond acceptors (Lipinski definition) is 3. The number of nitrogens with two attached hydrogens (primary N) is 1. The van der Waals surface area contributed by atoms with Gasteiger partial charge in [-0.2, -0.15) is 0 Å². The van der Waals surface area contributed by atoms with Crippen LogP contribution in [0.15, 0.2) is 36.2 Å². The first-order chi connectivity index (χ1) is 7.26. The maximum Gasteiger partial charge on any atom is 0.123 e. The van der Waals surface area contributed by atoms with E-state index in [-0.39, 0.29) is 31.4 Å². The van der Waals surface area contributed by atoms with Gasteiger partial charge in [0, 0.05) is 12.6 Å². The smallest absolute Gasteiger partial charge is 0.123 e. The zero-order valence-corrected chi connectivity index (χ0v) is 9.80. The van der Waals surface area contributed by atoms with Gasteiger partial charge in [-0.15, -0.1) is 12.4 Å². The molecule has 0 bridgehead atoms. The largest absolute Gasteiger partial charge is 0.497 e. The zero-order valence-electron chi connectivity index (χ0n) is 8.98. The maximum atomic E-state index is 12.6. The normalized spacial score (nSPS) is 10.6. The van der Waals surface area contributed by atoms with E-state index in [9.17, 15) is 4.39 Å². The lowest BCUT2D eigenvalue weighted by Crippen LogP contribution is -2.01. The van der Waals surface area contributed by atoms with E-state index in [1.54, 1.807) is 25.3 Å². The average molecular weight is 248 g/mol. The van der Waals surface area contributed by atoms with Crippen molar-refractivity contribution in [1.29, 1.82) is 0 Å². The van der Waals surface area contributed by atoms with E-state index in [0.717, 1.165) is 0 Å². The van der Waals surface area contributed by atoms with Crippen LogP contribution >= 0.6 is 12.4 Å². The molecule has 0 amide bonds. The standard InChI is InChI=1S/C11H14FNO2.ClH/c1-14-10-3-2-4-11(7-10)15-6-5-9(12)8-13;/h2-5,7H,6,8,13H2,1H3;1H/b9-5+;. The molecule has 1 rings (SSSR count). The van der Waals surface area contributed by atoms with Crippen LogP contribution in [-0.4, -0.2) is 20.3 Å². The van der Waals surface area contributed by atoms with Gasteiger partial charge in [-0.1, -0.05) is 6.07 Å². The molecule has 0 atom stereocenters. The Balaban J connectivity index is 0.00000225.